The highest BCUT2D eigenvalue weighted by Gasteiger charge is 2.11. The van der Waals surface area contributed by atoms with E-state index in [0.29, 0.717) is 15.6 Å². The van der Waals surface area contributed by atoms with Crippen LogP contribution in [0.1, 0.15) is 15.9 Å². The average molecular weight is 366 g/mol. The Hall–Kier alpha value is -2.57. The highest BCUT2D eigenvalue weighted by molar-refractivity contribution is 6.38. The second-order valence-electron chi connectivity index (χ2n) is 4.63. The van der Waals surface area contributed by atoms with Crippen molar-refractivity contribution in [1.82, 2.24) is 10.7 Å². The summed E-state index contributed by atoms with van der Waals surface area (Å²) in [6.45, 7) is -0.305. The van der Waals surface area contributed by atoms with Crippen molar-refractivity contribution in [1.29, 1.82) is 0 Å². The predicted molar refractivity (Wildman–Crippen MR) is 92.6 cm³/mol. The van der Waals surface area contributed by atoms with Gasteiger partial charge in [0.1, 0.15) is 5.75 Å². The molecule has 0 aliphatic rings. The third-order valence-corrected chi connectivity index (χ3v) is 3.60. The number of benzene rings is 2. The Morgan fingerprint density at radius 2 is 1.75 bits per heavy atom. The molecule has 0 heterocycles. The summed E-state index contributed by atoms with van der Waals surface area (Å²) in [6, 6.07) is 11.0. The molecule has 0 aliphatic heterocycles. The Morgan fingerprint density at radius 1 is 1.08 bits per heavy atom. The molecule has 0 bridgehead atoms. The first-order chi connectivity index (χ1) is 11.5. The lowest BCUT2D eigenvalue weighted by molar-refractivity contribution is -0.120. The van der Waals surface area contributed by atoms with Gasteiger partial charge in [0.2, 0.25) is 0 Å². The number of halogens is 2. The van der Waals surface area contributed by atoms with E-state index in [2.05, 4.69) is 15.8 Å². The molecule has 124 valence electrons. The Balaban J connectivity index is 1.87. The van der Waals surface area contributed by atoms with Crippen molar-refractivity contribution < 1.29 is 14.7 Å². The topological polar surface area (TPSA) is 90.8 Å². The Bertz CT molecular complexity index is 774. The number of nitrogens with one attached hydrogen (secondary N) is 2. The van der Waals surface area contributed by atoms with Crippen LogP contribution in [0, 0.1) is 0 Å². The molecule has 0 saturated carbocycles. The average Bonchev–Trinajstić information content (AvgIpc) is 2.56. The number of hydrogen-bond donors (Lipinski definition) is 3. The smallest absolute Gasteiger partial charge is 0.259 e. The van der Waals surface area contributed by atoms with Crippen molar-refractivity contribution in [3.63, 3.8) is 0 Å². The molecule has 2 aromatic carbocycles. The number of rotatable bonds is 5. The molecule has 8 heteroatoms. The van der Waals surface area contributed by atoms with Crippen LogP contribution in [-0.4, -0.2) is 29.7 Å². The summed E-state index contributed by atoms with van der Waals surface area (Å²) >= 11 is 11.9. The van der Waals surface area contributed by atoms with Crippen LogP contribution in [0.15, 0.2) is 47.6 Å². The first-order valence-electron chi connectivity index (χ1n) is 6.81. The van der Waals surface area contributed by atoms with E-state index in [4.69, 9.17) is 23.2 Å². The molecule has 0 fully saturated rings. The number of hydrogen-bond acceptors (Lipinski definition) is 4. The number of para-hydroxylation sites is 1. The molecular formula is C16H13Cl2N3O3. The van der Waals surface area contributed by atoms with Gasteiger partial charge < -0.3 is 10.4 Å². The summed E-state index contributed by atoms with van der Waals surface area (Å²) < 4.78 is 0. The van der Waals surface area contributed by atoms with E-state index in [1.165, 1.54) is 18.3 Å². The van der Waals surface area contributed by atoms with Gasteiger partial charge in [-0.05, 0) is 24.3 Å². The summed E-state index contributed by atoms with van der Waals surface area (Å²) in [6.07, 6.45) is 1.31. The molecule has 3 N–H and O–H groups in total. The number of aromatic hydroxyl groups is 1. The van der Waals surface area contributed by atoms with Crippen molar-refractivity contribution in [2.45, 2.75) is 0 Å². The maximum absolute atomic E-state index is 11.8. The molecule has 2 rings (SSSR count). The quantitative estimate of drug-likeness (QED) is 0.561. The van der Waals surface area contributed by atoms with Crippen LogP contribution in [0.5, 0.6) is 5.75 Å². The molecule has 0 atom stereocenters. The van der Waals surface area contributed by atoms with E-state index in [9.17, 15) is 14.7 Å². The lowest BCUT2D eigenvalue weighted by Crippen LogP contribution is -2.34. The first-order valence-corrected chi connectivity index (χ1v) is 7.56. The van der Waals surface area contributed by atoms with Gasteiger partial charge in [-0.15, -0.1) is 0 Å². The molecule has 2 aromatic rings. The third-order valence-electron chi connectivity index (χ3n) is 2.94. The number of phenols is 1. The van der Waals surface area contributed by atoms with Gasteiger partial charge in [0.25, 0.3) is 11.8 Å². The molecule has 0 aromatic heterocycles. The molecule has 0 radical (unpaired) electrons. The summed E-state index contributed by atoms with van der Waals surface area (Å²) in [5.74, 6) is -1.28. The number of hydrazone groups is 1. The predicted octanol–water partition coefficient (Wildman–Crippen LogP) is 2.58. The lowest BCUT2D eigenvalue weighted by Gasteiger charge is -2.06. The fourth-order valence-corrected chi connectivity index (χ4v) is 2.26. The maximum atomic E-state index is 11.8. The van der Waals surface area contributed by atoms with Crippen LogP contribution >= 0.6 is 23.2 Å². The largest absolute Gasteiger partial charge is 0.507 e. The van der Waals surface area contributed by atoms with Gasteiger partial charge in [0.15, 0.2) is 0 Å². The highest BCUT2D eigenvalue weighted by atomic mass is 35.5. The van der Waals surface area contributed by atoms with E-state index in [-0.39, 0.29) is 17.9 Å². The number of nitrogens with zero attached hydrogens (tertiary/aromatic N) is 1. The summed E-state index contributed by atoms with van der Waals surface area (Å²) in [7, 11) is 0. The molecule has 0 aliphatic carbocycles. The van der Waals surface area contributed by atoms with Crippen molar-refractivity contribution in [2.24, 2.45) is 5.10 Å². The molecule has 6 nitrogen and oxygen atoms in total. The summed E-state index contributed by atoms with van der Waals surface area (Å²) in [5.41, 5.74) is 2.79. The minimum atomic E-state index is -0.568. The molecule has 2 amide bonds. The van der Waals surface area contributed by atoms with Crippen molar-refractivity contribution >= 4 is 41.2 Å². The normalized spacial score (nSPS) is 10.6. The van der Waals surface area contributed by atoms with E-state index in [0.717, 1.165) is 0 Å². The van der Waals surface area contributed by atoms with Gasteiger partial charge in [-0.2, -0.15) is 5.10 Å². The van der Waals surface area contributed by atoms with Crippen LogP contribution in [0.2, 0.25) is 10.0 Å². The van der Waals surface area contributed by atoms with Crippen molar-refractivity contribution in [2.75, 3.05) is 6.54 Å². The fraction of sp³-hybridized carbons (Fsp3) is 0.0625. The van der Waals surface area contributed by atoms with E-state index >= 15 is 0 Å². The zero-order valence-electron chi connectivity index (χ0n) is 12.3. The minimum Gasteiger partial charge on any atom is -0.507 e. The standard InChI is InChI=1S/C16H13Cl2N3O3/c17-12-5-3-6-13(18)11(12)8-20-21-15(23)9-19-16(24)10-4-1-2-7-14(10)22/h1-8,22H,9H2,(H,19,24)(H,21,23). The molecule has 0 spiro atoms. The van der Waals surface area contributed by atoms with Crippen molar-refractivity contribution in [3.8, 4) is 5.75 Å². The number of carbonyl (C=O) groups excluding carboxylic acids is 2. The van der Waals surface area contributed by atoms with E-state index in [1.807, 2.05) is 0 Å². The zero-order chi connectivity index (χ0) is 17.5. The summed E-state index contributed by atoms with van der Waals surface area (Å²) in [4.78, 5) is 23.5. The second kappa shape index (κ2) is 8.33. The van der Waals surface area contributed by atoms with E-state index in [1.54, 1.807) is 30.3 Å². The Morgan fingerprint density at radius 3 is 2.42 bits per heavy atom. The van der Waals surface area contributed by atoms with Crippen LogP contribution in [0.25, 0.3) is 0 Å². The number of amides is 2. The molecular weight excluding hydrogens is 353 g/mol. The fourth-order valence-electron chi connectivity index (χ4n) is 1.76. The SMILES string of the molecule is O=C(CNC(=O)c1ccccc1O)NN=Cc1c(Cl)cccc1Cl. The monoisotopic (exact) mass is 365 g/mol. The van der Waals surface area contributed by atoms with Gasteiger partial charge in [0.05, 0.1) is 28.4 Å². The van der Waals surface area contributed by atoms with Crippen LogP contribution < -0.4 is 10.7 Å². The van der Waals surface area contributed by atoms with Gasteiger partial charge in [-0.1, -0.05) is 41.4 Å². The lowest BCUT2D eigenvalue weighted by atomic mass is 10.2. The Kier molecular flexibility index (Phi) is 6.17. The Labute approximate surface area is 148 Å². The molecule has 24 heavy (non-hydrogen) atoms. The summed E-state index contributed by atoms with van der Waals surface area (Å²) in [5, 5.41) is 16.5. The first kappa shape index (κ1) is 17.8. The minimum absolute atomic E-state index is 0.0802. The van der Waals surface area contributed by atoms with Crippen LogP contribution in [-0.2, 0) is 4.79 Å². The van der Waals surface area contributed by atoms with Gasteiger partial charge >= 0.3 is 0 Å². The van der Waals surface area contributed by atoms with Gasteiger partial charge in [-0.25, -0.2) is 5.43 Å². The van der Waals surface area contributed by atoms with Gasteiger partial charge in [-0.3, -0.25) is 9.59 Å². The van der Waals surface area contributed by atoms with Gasteiger partial charge in [0, 0.05) is 5.56 Å². The maximum Gasteiger partial charge on any atom is 0.259 e. The third kappa shape index (κ3) is 4.71. The number of phenolic OH excluding ortho intramolecular Hbond substituents is 1. The zero-order valence-corrected chi connectivity index (χ0v) is 13.8. The van der Waals surface area contributed by atoms with Crippen LogP contribution in [0.3, 0.4) is 0 Å². The number of carbonyl (C=O) groups is 2. The van der Waals surface area contributed by atoms with E-state index < -0.39 is 11.8 Å². The second-order valence-corrected chi connectivity index (χ2v) is 5.44. The van der Waals surface area contributed by atoms with Crippen LogP contribution in [0.4, 0.5) is 0 Å². The van der Waals surface area contributed by atoms with Crippen molar-refractivity contribution in [3.05, 3.63) is 63.6 Å². The molecule has 0 saturated heterocycles. The molecule has 0 unspecified atom stereocenters. The highest BCUT2D eigenvalue weighted by Crippen LogP contribution is 2.22.